The maximum atomic E-state index is 6.23. The maximum absolute atomic E-state index is 6.23. The molecule has 2 rings (SSSR count). The number of benzene rings is 1. The first-order chi connectivity index (χ1) is 8.63. The lowest BCUT2D eigenvalue weighted by Gasteiger charge is -2.17. The topological polar surface area (TPSA) is 37.8 Å². The van der Waals surface area contributed by atoms with Gasteiger partial charge in [0, 0.05) is 6.20 Å². The largest absolute Gasteiger partial charge is 0.308 e. The molecule has 1 unspecified atom stereocenters. The second kappa shape index (κ2) is 5.65. The predicted molar refractivity (Wildman–Crippen MR) is 74.1 cm³/mol. The second-order valence-corrected chi connectivity index (χ2v) is 4.73. The lowest BCUT2D eigenvalue weighted by atomic mass is 10.0. The molecule has 0 amide bonds. The third-order valence-electron chi connectivity index (χ3n) is 2.68. The van der Waals surface area contributed by atoms with Gasteiger partial charge in [0.2, 0.25) is 0 Å². The Labute approximate surface area is 116 Å². The van der Waals surface area contributed by atoms with Crippen LogP contribution in [0.25, 0.3) is 0 Å². The molecule has 1 aromatic heterocycles. The van der Waals surface area contributed by atoms with Gasteiger partial charge in [-0.25, -0.2) is 0 Å². The van der Waals surface area contributed by atoms with Gasteiger partial charge < -0.3 is 5.32 Å². The number of aromatic nitrogens is 2. The highest BCUT2D eigenvalue weighted by molar-refractivity contribution is 6.42. The van der Waals surface area contributed by atoms with E-state index in [4.69, 9.17) is 23.2 Å². The molecule has 94 valence electrons. The summed E-state index contributed by atoms with van der Waals surface area (Å²) >= 11 is 12.3. The van der Waals surface area contributed by atoms with Crippen LogP contribution in [0.1, 0.15) is 23.0 Å². The van der Waals surface area contributed by atoms with E-state index < -0.39 is 0 Å². The minimum Gasteiger partial charge on any atom is -0.308 e. The van der Waals surface area contributed by atoms with Crippen LogP contribution in [0.4, 0.5) is 0 Å². The van der Waals surface area contributed by atoms with Gasteiger partial charge in [-0.05, 0) is 25.6 Å². The van der Waals surface area contributed by atoms with Crippen LogP contribution < -0.4 is 5.32 Å². The van der Waals surface area contributed by atoms with Gasteiger partial charge in [-0.1, -0.05) is 35.3 Å². The Kier molecular flexibility index (Phi) is 4.17. The minimum absolute atomic E-state index is 0.121. The zero-order valence-electron chi connectivity index (χ0n) is 10.1. The highest BCUT2D eigenvalue weighted by Crippen LogP contribution is 2.32. The lowest BCUT2D eigenvalue weighted by Crippen LogP contribution is -2.19. The number of rotatable bonds is 3. The fourth-order valence-corrected chi connectivity index (χ4v) is 2.17. The fourth-order valence-electron chi connectivity index (χ4n) is 1.76. The molecule has 5 heteroatoms. The van der Waals surface area contributed by atoms with Crippen LogP contribution in [0.2, 0.25) is 10.0 Å². The van der Waals surface area contributed by atoms with Crippen LogP contribution in [-0.4, -0.2) is 17.0 Å². The molecule has 2 aromatic rings. The molecule has 1 heterocycles. The van der Waals surface area contributed by atoms with Crippen LogP contribution >= 0.6 is 23.2 Å². The minimum atomic E-state index is -0.121. The molecule has 1 atom stereocenters. The SMILES string of the molecule is CNC(c1cnc(C)cn1)c1cccc(Cl)c1Cl. The Morgan fingerprint density at radius 3 is 2.56 bits per heavy atom. The third-order valence-corrected chi connectivity index (χ3v) is 3.51. The van der Waals surface area contributed by atoms with Crippen molar-refractivity contribution in [3.63, 3.8) is 0 Å². The van der Waals surface area contributed by atoms with Crippen molar-refractivity contribution in [3.05, 3.63) is 57.6 Å². The molecule has 3 nitrogen and oxygen atoms in total. The average molecular weight is 282 g/mol. The zero-order valence-corrected chi connectivity index (χ0v) is 11.6. The van der Waals surface area contributed by atoms with Crippen LogP contribution in [-0.2, 0) is 0 Å². The number of halogens is 2. The van der Waals surface area contributed by atoms with Crippen molar-refractivity contribution >= 4 is 23.2 Å². The summed E-state index contributed by atoms with van der Waals surface area (Å²) in [5.41, 5.74) is 2.59. The molecule has 0 fully saturated rings. The van der Waals surface area contributed by atoms with Gasteiger partial charge >= 0.3 is 0 Å². The van der Waals surface area contributed by atoms with Crippen LogP contribution in [0.5, 0.6) is 0 Å². The quantitative estimate of drug-likeness (QED) is 0.937. The molecule has 1 N–H and O–H groups in total. The molecule has 1 aromatic carbocycles. The molecule has 0 radical (unpaired) electrons. The van der Waals surface area contributed by atoms with Gasteiger partial charge in [0.1, 0.15) is 0 Å². The van der Waals surface area contributed by atoms with Crippen LogP contribution in [0.15, 0.2) is 30.6 Å². The molecule has 0 spiro atoms. The van der Waals surface area contributed by atoms with Crippen molar-refractivity contribution in [1.29, 1.82) is 0 Å². The number of nitrogens with one attached hydrogen (secondary N) is 1. The number of nitrogens with zero attached hydrogens (tertiary/aromatic N) is 2. The number of aryl methyl sites for hydroxylation is 1. The van der Waals surface area contributed by atoms with E-state index >= 15 is 0 Å². The van der Waals surface area contributed by atoms with Gasteiger partial charge in [0.25, 0.3) is 0 Å². The van der Waals surface area contributed by atoms with E-state index in [1.807, 2.05) is 26.1 Å². The summed E-state index contributed by atoms with van der Waals surface area (Å²) in [6, 6.07) is 5.44. The Morgan fingerprint density at radius 2 is 1.94 bits per heavy atom. The van der Waals surface area contributed by atoms with Crippen molar-refractivity contribution in [2.24, 2.45) is 0 Å². The molecular weight excluding hydrogens is 269 g/mol. The summed E-state index contributed by atoms with van der Waals surface area (Å²) in [5.74, 6) is 0. The van der Waals surface area contributed by atoms with Gasteiger partial charge in [-0.2, -0.15) is 0 Å². The van der Waals surface area contributed by atoms with Gasteiger partial charge in [0.05, 0.1) is 33.7 Å². The van der Waals surface area contributed by atoms with E-state index in [1.54, 1.807) is 18.5 Å². The summed E-state index contributed by atoms with van der Waals surface area (Å²) in [6.45, 7) is 1.90. The summed E-state index contributed by atoms with van der Waals surface area (Å²) in [7, 11) is 1.85. The molecule has 0 aliphatic rings. The summed E-state index contributed by atoms with van der Waals surface area (Å²) < 4.78 is 0. The van der Waals surface area contributed by atoms with E-state index in [2.05, 4.69) is 15.3 Å². The highest BCUT2D eigenvalue weighted by Gasteiger charge is 2.18. The average Bonchev–Trinajstić information content (AvgIpc) is 2.37. The molecule has 18 heavy (non-hydrogen) atoms. The molecule has 0 saturated carbocycles. The van der Waals surface area contributed by atoms with E-state index in [0.717, 1.165) is 17.0 Å². The maximum Gasteiger partial charge on any atom is 0.0802 e. The Bertz CT molecular complexity index is 540. The Hall–Kier alpha value is -1.16. The van der Waals surface area contributed by atoms with E-state index in [0.29, 0.717) is 10.0 Å². The monoisotopic (exact) mass is 281 g/mol. The molecular formula is C13H13Cl2N3. The fraction of sp³-hybridized carbons (Fsp3) is 0.231. The first kappa shape index (κ1) is 13.3. The van der Waals surface area contributed by atoms with E-state index in [9.17, 15) is 0 Å². The van der Waals surface area contributed by atoms with Crippen molar-refractivity contribution < 1.29 is 0 Å². The molecule has 0 saturated heterocycles. The van der Waals surface area contributed by atoms with Gasteiger partial charge in [0.15, 0.2) is 0 Å². The number of hydrogen-bond donors (Lipinski definition) is 1. The lowest BCUT2D eigenvalue weighted by molar-refractivity contribution is 0.666. The predicted octanol–water partition coefficient (Wildman–Crippen LogP) is 3.40. The van der Waals surface area contributed by atoms with Crippen molar-refractivity contribution in [2.75, 3.05) is 7.05 Å². The first-order valence-electron chi connectivity index (χ1n) is 5.53. The highest BCUT2D eigenvalue weighted by atomic mass is 35.5. The number of hydrogen-bond acceptors (Lipinski definition) is 3. The van der Waals surface area contributed by atoms with Crippen LogP contribution in [0, 0.1) is 6.92 Å². The van der Waals surface area contributed by atoms with Crippen molar-refractivity contribution in [2.45, 2.75) is 13.0 Å². The smallest absolute Gasteiger partial charge is 0.0802 e. The molecule has 0 bridgehead atoms. The summed E-state index contributed by atoms with van der Waals surface area (Å²) in [5, 5.41) is 4.26. The standard InChI is InChI=1S/C13H13Cl2N3/c1-8-6-18-11(7-17-8)13(16-2)9-4-3-5-10(14)12(9)15/h3-7,13,16H,1-2H3. The molecule has 0 aliphatic heterocycles. The first-order valence-corrected chi connectivity index (χ1v) is 6.28. The summed E-state index contributed by atoms with van der Waals surface area (Å²) in [6.07, 6.45) is 3.48. The summed E-state index contributed by atoms with van der Waals surface area (Å²) in [4.78, 5) is 8.62. The molecule has 0 aliphatic carbocycles. The zero-order chi connectivity index (χ0) is 13.1. The second-order valence-electron chi connectivity index (χ2n) is 3.95. The Balaban J connectivity index is 2.45. The van der Waals surface area contributed by atoms with Crippen LogP contribution in [0.3, 0.4) is 0 Å². The van der Waals surface area contributed by atoms with Crippen molar-refractivity contribution in [3.8, 4) is 0 Å². The van der Waals surface area contributed by atoms with Gasteiger partial charge in [-0.15, -0.1) is 0 Å². The van der Waals surface area contributed by atoms with Crippen molar-refractivity contribution in [1.82, 2.24) is 15.3 Å². The van der Waals surface area contributed by atoms with E-state index in [-0.39, 0.29) is 6.04 Å². The van der Waals surface area contributed by atoms with Gasteiger partial charge in [-0.3, -0.25) is 9.97 Å². The normalized spacial score (nSPS) is 12.4. The van der Waals surface area contributed by atoms with E-state index in [1.165, 1.54) is 0 Å². The third kappa shape index (κ3) is 2.64. The Morgan fingerprint density at radius 1 is 1.17 bits per heavy atom.